The van der Waals surface area contributed by atoms with Crippen molar-refractivity contribution in [2.24, 2.45) is 0 Å². The van der Waals surface area contributed by atoms with Crippen LogP contribution in [0.25, 0.3) is 0 Å². The highest BCUT2D eigenvalue weighted by molar-refractivity contribution is 5.89. The molecule has 0 aliphatic carbocycles. The zero-order chi connectivity index (χ0) is 24.2. The standard InChI is InChI=1S/C22H24F6N2O2/c1-20(2,3)14-5-7-18(8-6-14)32-10-4-9-29-19(31)30-17-12-15(21(23,24)25)11-16(13-17)22(26,27)28/h5-8,11-13H,4,9-10H2,1-3H3,(H2,29,30,31). The third kappa shape index (κ3) is 7.65. The second-order valence-corrected chi connectivity index (χ2v) is 8.15. The zero-order valence-electron chi connectivity index (χ0n) is 17.7. The molecule has 10 heteroatoms. The van der Waals surface area contributed by atoms with Gasteiger partial charge in [-0.25, -0.2) is 4.79 Å². The fourth-order valence-corrected chi connectivity index (χ4v) is 2.72. The summed E-state index contributed by atoms with van der Waals surface area (Å²) >= 11 is 0. The molecule has 0 heterocycles. The number of amides is 2. The lowest BCUT2D eigenvalue weighted by molar-refractivity contribution is -0.143. The van der Waals surface area contributed by atoms with Crippen molar-refractivity contribution in [3.05, 3.63) is 59.2 Å². The molecule has 176 valence electrons. The van der Waals surface area contributed by atoms with Crippen LogP contribution in [0.1, 0.15) is 43.9 Å². The van der Waals surface area contributed by atoms with Crippen molar-refractivity contribution in [2.75, 3.05) is 18.5 Å². The summed E-state index contributed by atoms with van der Waals surface area (Å²) in [5.41, 5.74) is -2.47. The van der Waals surface area contributed by atoms with Gasteiger partial charge in [-0.3, -0.25) is 0 Å². The lowest BCUT2D eigenvalue weighted by atomic mass is 9.87. The smallest absolute Gasteiger partial charge is 0.416 e. The van der Waals surface area contributed by atoms with Gasteiger partial charge in [0.1, 0.15) is 5.75 Å². The minimum atomic E-state index is -4.99. The van der Waals surface area contributed by atoms with Gasteiger partial charge in [0.25, 0.3) is 0 Å². The number of halogens is 6. The van der Waals surface area contributed by atoms with E-state index in [9.17, 15) is 31.1 Å². The Kier molecular flexibility index (Phi) is 7.69. The number of hydrogen-bond acceptors (Lipinski definition) is 2. The van der Waals surface area contributed by atoms with E-state index in [1.807, 2.05) is 29.6 Å². The van der Waals surface area contributed by atoms with E-state index in [0.29, 0.717) is 24.3 Å². The van der Waals surface area contributed by atoms with Crippen LogP contribution >= 0.6 is 0 Å². The summed E-state index contributed by atoms with van der Waals surface area (Å²) in [6.07, 6.45) is -9.60. The number of hydrogen-bond donors (Lipinski definition) is 2. The third-order valence-corrected chi connectivity index (χ3v) is 4.44. The summed E-state index contributed by atoms with van der Waals surface area (Å²) in [5, 5.41) is 4.38. The predicted octanol–water partition coefficient (Wildman–Crippen LogP) is 6.61. The molecule has 0 bridgehead atoms. The molecule has 0 aliphatic heterocycles. The number of urea groups is 1. The summed E-state index contributed by atoms with van der Waals surface area (Å²) in [4.78, 5) is 11.9. The van der Waals surface area contributed by atoms with Gasteiger partial charge in [0.15, 0.2) is 0 Å². The van der Waals surface area contributed by atoms with E-state index >= 15 is 0 Å². The van der Waals surface area contributed by atoms with Crippen molar-refractivity contribution in [1.82, 2.24) is 5.32 Å². The average molecular weight is 462 g/mol. The normalized spacial score (nSPS) is 12.4. The Morgan fingerprint density at radius 3 is 1.84 bits per heavy atom. The van der Waals surface area contributed by atoms with Crippen molar-refractivity contribution >= 4 is 11.7 Å². The molecule has 0 radical (unpaired) electrons. The lowest BCUT2D eigenvalue weighted by Gasteiger charge is -2.19. The van der Waals surface area contributed by atoms with Crippen LogP contribution in [0, 0.1) is 0 Å². The summed E-state index contributed by atoms with van der Waals surface area (Å²) in [7, 11) is 0. The Hall–Kier alpha value is -2.91. The molecule has 4 nitrogen and oxygen atoms in total. The predicted molar refractivity (Wildman–Crippen MR) is 109 cm³/mol. The number of rotatable bonds is 6. The quantitative estimate of drug-likeness (QED) is 0.375. The molecule has 0 saturated heterocycles. The fourth-order valence-electron chi connectivity index (χ4n) is 2.72. The highest BCUT2D eigenvalue weighted by Crippen LogP contribution is 2.37. The first kappa shape index (κ1) is 25.4. The van der Waals surface area contributed by atoms with E-state index in [1.54, 1.807) is 0 Å². The minimum Gasteiger partial charge on any atom is -0.494 e. The van der Waals surface area contributed by atoms with Crippen LogP contribution in [0.2, 0.25) is 0 Å². The van der Waals surface area contributed by atoms with E-state index in [-0.39, 0.29) is 24.6 Å². The van der Waals surface area contributed by atoms with Crippen LogP contribution < -0.4 is 15.4 Å². The molecule has 2 amide bonds. The molecule has 0 aromatic heterocycles. The van der Waals surface area contributed by atoms with Gasteiger partial charge in [-0.15, -0.1) is 0 Å². The summed E-state index contributed by atoms with van der Waals surface area (Å²) < 4.78 is 82.8. The van der Waals surface area contributed by atoms with E-state index in [2.05, 4.69) is 26.1 Å². The highest BCUT2D eigenvalue weighted by Gasteiger charge is 2.37. The van der Waals surface area contributed by atoms with Gasteiger partial charge in [-0.05, 0) is 47.7 Å². The SMILES string of the molecule is CC(C)(C)c1ccc(OCCCNC(=O)Nc2cc(C(F)(F)F)cc(C(F)(F)F)c2)cc1. The van der Waals surface area contributed by atoms with Crippen LogP contribution in [0.5, 0.6) is 5.75 Å². The van der Waals surface area contributed by atoms with Gasteiger partial charge < -0.3 is 15.4 Å². The van der Waals surface area contributed by atoms with Crippen LogP contribution in [0.4, 0.5) is 36.8 Å². The zero-order valence-corrected chi connectivity index (χ0v) is 17.7. The monoisotopic (exact) mass is 462 g/mol. The maximum atomic E-state index is 12.9. The summed E-state index contributed by atoms with van der Waals surface area (Å²) in [6, 6.07) is 7.51. The molecule has 0 saturated carbocycles. The second kappa shape index (κ2) is 9.70. The maximum absolute atomic E-state index is 12.9. The molecule has 0 aliphatic rings. The van der Waals surface area contributed by atoms with E-state index < -0.39 is 35.2 Å². The highest BCUT2D eigenvalue weighted by atomic mass is 19.4. The van der Waals surface area contributed by atoms with Crippen LogP contribution in [0.3, 0.4) is 0 Å². The van der Waals surface area contributed by atoms with Gasteiger partial charge in [0.05, 0.1) is 17.7 Å². The second-order valence-electron chi connectivity index (χ2n) is 8.15. The number of carbonyl (C=O) groups excluding carboxylic acids is 1. The Morgan fingerprint density at radius 1 is 0.844 bits per heavy atom. The molecule has 2 aromatic rings. The van der Waals surface area contributed by atoms with E-state index in [4.69, 9.17) is 4.74 Å². The molecular formula is C22H24F6N2O2. The van der Waals surface area contributed by atoms with Crippen molar-refractivity contribution in [2.45, 2.75) is 45.0 Å². The van der Waals surface area contributed by atoms with E-state index in [1.165, 1.54) is 0 Å². The fraction of sp³-hybridized carbons (Fsp3) is 0.409. The molecular weight excluding hydrogens is 438 g/mol. The minimum absolute atomic E-state index is 0.00550. The van der Waals surface area contributed by atoms with Crippen molar-refractivity contribution in [3.8, 4) is 5.75 Å². The first-order chi connectivity index (χ1) is 14.7. The Bertz CT molecular complexity index is 884. The number of nitrogens with one attached hydrogen (secondary N) is 2. The van der Waals surface area contributed by atoms with Crippen LogP contribution in [-0.2, 0) is 17.8 Å². The molecule has 0 atom stereocenters. The van der Waals surface area contributed by atoms with Gasteiger partial charge in [0, 0.05) is 12.2 Å². The number of ether oxygens (including phenoxy) is 1. The van der Waals surface area contributed by atoms with Crippen molar-refractivity contribution in [3.63, 3.8) is 0 Å². The van der Waals surface area contributed by atoms with Gasteiger partial charge in [0.2, 0.25) is 0 Å². The van der Waals surface area contributed by atoms with E-state index in [0.717, 1.165) is 5.56 Å². The Labute approximate surface area is 182 Å². The van der Waals surface area contributed by atoms with Gasteiger partial charge >= 0.3 is 18.4 Å². The van der Waals surface area contributed by atoms with Gasteiger partial charge in [-0.2, -0.15) is 26.3 Å². The van der Waals surface area contributed by atoms with Gasteiger partial charge in [-0.1, -0.05) is 32.9 Å². The Morgan fingerprint density at radius 2 is 1.38 bits per heavy atom. The topological polar surface area (TPSA) is 50.4 Å². The number of carbonyl (C=O) groups is 1. The third-order valence-electron chi connectivity index (χ3n) is 4.44. The molecule has 32 heavy (non-hydrogen) atoms. The van der Waals surface area contributed by atoms with Crippen LogP contribution in [-0.4, -0.2) is 19.2 Å². The number of benzene rings is 2. The molecule has 2 N–H and O–H groups in total. The maximum Gasteiger partial charge on any atom is 0.416 e. The molecule has 2 aromatic carbocycles. The molecule has 0 unspecified atom stereocenters. The Balaban J connectivity index is 1.85. The van der Waals surface area contributed by atoms with Crippen molar-refractivity contribution in [1.29, 1.82) is 0 Å². The number of anilines is 1. The first-order valence-corrected chi connectivity index (χ1v) is 9.74. The summed E-state index contributed by atoms with van der Waals surface area (Å²) in [6.45, 7) is 6.63. The first-order valence-electron chi connectivity index (χ1n) is 9.74. The summed E-state index contributed by atoms with van der Waals surface area (Å²) in [5.74, 6) is 0.645. The molecule has 0 fully saturated rings. The average Bonchev–Trinajstić information content (AvgIpc) is 2.66. The molecule has 2 rings (SSSR count). The lowest BCUT2D eigenvalue weighted by Crippen LogP contribution is -2.30. The number of alkyl halides is 6. The largest absolute Gasteiger partial charge is 0.494 e. The van der Waals surface area contributed by atoms with Crippen molar-refractivity contribution < 1.29 is 35.9 Å². The van der Waals surface area contributed by atoms with Crippen LogP contribution in [0.15, 0.2) is 42.5 Å². The molecule has 0 spiro atoms.